The lowest BCUT2D eigenvalue weighted by molar-refractivity contribution is -0.124. The summed E-state index contributed by atoms with van der Waals surface area (Å²) in [5.74, 6) is 0.637. The van der Waals surface area contributed by atoms with E-state index in [-0.39, 0.29) is 11.5 Å². The lowest BCUT2D eigenvalue weighted by Crippen LogP contribution is -2.46. The number of carbonyl (C=O) groups is 1. The number of piperidine rings is 1. The predicted octanol–water partition coefficient (Wildman–Crippen LogP) is 2.78. The van der Waals surface area contributed by atoms with Crippen LogP contribution in [-0.2, 0) is 16.8 Å². The largest absolute Gasteiger partial charge is 0.502 e. The zero-order valence-electron chi connectivity index (χ0n) is 14.6. The topological polar surface area (TPSA) is 70.8 Å². The highest BCUT2D eigenvalue weighted by molar-refractivity contribution is 5.88. The molecular weight excluding hydrogens is 318 g/mol. The molecule has 0 aliphatic carbocycles. The number of ketones is 1. The van der Waals surface area contributed by atoms with Gasteiger partial charge in [-0.2, -0.15) is 0 Å². The summed E-state index contributed by atoms with van der Waals surface area (Å²) in [4.78, 5) is 26.2. The summed E-state index contributed by atoms with van der Waals surface area (Å²) in [5, 5.41) is 9.93. The minimum Gasteiger partial charge on any atom is -0.502 e. The van der Waals surface area contributed by atoms with Crippen molar-refractivity contribution in [1.82, 2.24) is 4.90 Å². The van der Waals surface area contributed by atoms with Gasteiger partial charge in [0.25, 0.3) is 0 Å². The van der Waals surface area contributed by atoms with Crippen molar-refractivity contribution in [3.63, 3.8) is 0 Å². The SMILES string of the molecule is CC(=O)C1(c2ccccc2)CCN(Cc2oc(C)cc(=O)c2O)CC1. The van der Waals surface area contributed by atoms with E-state index in [9.17, 15) is 14.7 Å². The summed E-state index contributed by atoms with van der Waals surface area (Å²) < 4.78 is 5.52. The van der Waals surface area contributed by atoms with E-state index in [1.165, 1.54) is 6.07 Å². The van der Waals surface area contributed by atoms with Gasteiger partial charge in [-0.1, -0.05) is 30.3 Å². The second-order valence-corrected chi connectivity index (χ2v) is 6.77. The molecule has 0 amide bonds. The van der Waals surface area contributed by atoms with E-state index in [1.54, 1.807) is 13.8 Å². The van der Waals surface area contributed by atoms with Crippen molar-refractivity contribution in [3.8, 4) is 5.75 Å². The number of carbonyl (C=O) groups excluding carboxylic acids is 1. The molecule has 1 N–H and O–H groups in total. The molecule has 0 saturated carbocycles. The van der Waals surface area contributed by atoms with Gasteiger partial charge in [0.05, 0.1) is 12.0 Å². The van der Waals surface area contributed by atoms with E-state index in [2.05, 4.69) is 4.90 Å². The number of aryl methyl sites for hydroxylation is 1. The molecule has 1 aliphatic rings. The summed E-state index contributed by atoms with van der Waals surface area (Å²) in [7, 11) is 0. The maximum absolute atomic E-state index is 12.4. The number of likely N-dealkylation sites (tertiary alicyclic amines) is 1. The summed E-state index contributed by atoms with van der Waals surface area (Å²) >= 11 is 0. The fourth-order valence-corrected chi connectivity index (χ4v) is 3.67. The Morgan fingerprint density at radius 3 is 2.48 bits per heavy atom. The fraction of sp³-hybridized carbons (Fsp3) is 0.400. The van der Waals surface area contributed by atoms with Crippen LogP contribution in [0.15, 0.2) is 45.6 Å². The van der Waals surface area contributed by atoms with Gasteiger partial charge < -0.3 is 9.52 Å². The van der Waals surface area contributed by atoms with E-state index >= 15 is 0 Å². The van der Waals surface area contributed by atoms with E-state index in [0.717, 1.165) is 5.56 Å². The number of nitrogens with zero attached hydrogens (tertiary/aromatic N) is 1. The average molecular weight is 341 g/mol. The second-order valence-electron chi connectivity index (χ2n) is 6.77. The maximum atomic E-state index is 12.4. The normalized spacial score (nSPS) is 17.4. The minimum atomic E-state index is -0.451. The molecule has 1 aromatic heterocycles. The molecule has 5 nitrogen and oxygen atoms in total. The van der Waals surface area contributed by atoms with Crippen LogP contribution in [0.1, 0.15) is 36.8 Å². The van der Waals surface area contributed by atoms with Crippen LogP contribution in [0.4, 0.5) is 0 Å². The summed E-state index contributed by atoms with van der Waals surface area (Å²) in [6.07, 6.45) is 1.42. The Kier molecular flexibility index (Phi) is 4.77. The molecule has 1 saturated heterocycles. The Morgan fingerprint density at radius 2 is 1.88 bits per heavy atom. The zero-order chi connectivity index (χ0) is 18.0. The highest BCUT2D eigenvalue weighted by Crippen LogP contribution is 2.37. The van der Waals surface area contributed by atoms with Gasteiger partial charge in [0.15, 0.2) is 5.76 Å². The maximum Gasteiger partial charge on any atom is 0.227 e. The highest BCUT2D eigenvalue weighted by Gasteiger charge is 2.40. The Labute approximate surface area is 146 Å². The first-order valence-corrected chi connectivity index (χ1v) is 8.54. The van der Waals surface area contributed by atoms with Gasteiger partial charge in [-0.25, -0.2) is 0 Å². The van der Waals surface area contributed by atoms with Crippen molar-refractivity contribution in [2.24, 2.45) is 0 Å². The van der Waals surface area contributed by atoms with Crippen molar-refractivity contribution < 1.29 is 14.3 Å². The Balaban J connectivity index is 1.77. The Bertz CT molecular complexity index is 817. The van der Waals surface area contributed by atoms with Crippen molar-refractivity contribution in [1.29, 1.82) is 0 Å². The van der Waals surface area contributed by atoms with Crippen molar-refractivity contribution in [3.05, 3.63) is 63.7 Å². The molecule has 0 radical (unpaired) electrons. The molecule has 2 aromatic rings. The van der Waals surface area contributed by atoms with Crippen LogP contribution in [-0.4, -0.2) is 28.9 Å². The molecule has 0 unspecified atom stereocenters. The molecule has 0 atom stereocenters. The van der Waals surface area contributed by atoms with Gasteiger partial charge in [-0.05, 0) is 45.3 Å². The van der Waals surface area contributed by atoms with Gasteiger partial charge in [-0.15, -0.1) is 0 Å². The lowest BCUT2D eigenvalue weighted by Gasteiger charge is -2.40. The molecule has 1 aliphatic heterocycles. The lowest BCUT2D eigenvalue weighted by atomic mass is 9.70. The molecule has 1 fully saturated rings. The van der Waals surface area contributed by atoms with E-state index < -0.39 is 10.8 Å². The second kappa shape index (κ2) is 6.84. The number of benzene rings is 1. The first-order valence-electron chi connectivity index (χ1n) is 8.54. The first-order chi connectivity index (χ1) is 11.9. The fourth-order valence-electron chi connectivity index (χ4n) is 3.67. The molecule has 2 heterocycles. The van der Waals surface area contributed by atoms with Crippen molar-refractivity contribution in [2.75, 3.05) is 13.1 Å². The molecule has 0 bridgehead atoms. The van der Waals surface area contributed by atoms with Crippen LogP contribution < -0.4 is 5.43 Å². The summed E-state index contributed by atoms with van der Waals surface area (Å²) in [5.41, 5.74) is 0.193. The zero-order valence-corrected chi connectivity index (χ0v) is 14.6. The minimum absolute atomic E-state index is 0.184. The predicted molar refractivity (Wildman–Crippen MR) is 94.7 cm³/mol. The summed E-state index contributed by atoms with van der Waals surface area (Å²) in [6.45, 7) is 5.12. The van der Waals surface area contributed by atoms with E-state index in [0.29, 0.717) is 44.0 Å². The first kappa shape index (κ1) is 17.4. The van der Waals surface area contributed by atoms with Crippen molar-refractivity contribution in [2.45, 2.75) is 38.6 Å². The van der Waals surface area contributed by atoms with Crippen LogP contribution in [0.25, 0.3) is 0 Å². The molecule has 3 rings (SSSR count). The quantitative estimate of drug-likeness (QED) is 0.926. The summed E-state index contributed by atoms with van der Waals surface area (Å²) in [6, 6.07) is 11.2. The van der Waals surface area contributed by atoms with Crippen LogP contribution >= 0.6 is 0 Å². The molecule has 25 heavy (non-hydrogen) atoms. The molecule has 5 heteroatoms. The van der Waals surface area contributed by atoms with Crippen molar-refractivity contribution >= 4 is 5.78 Å². The van der Waals surface area contributed by atoms with Crippen LogP contribution in [0.3, 0.4) is 0 Å². The van der Waals surface area contributed by atoms with Gasteiger partial charge in [0.1, 0.15) is 11.5 Å². The van der Waals surface area contributed by atoms with Crippen LogP contribution in [0, 0.1) is 6.92 Å². The number of Topliss-reactive ketones (excluding diaryl/α,β-unsaturated/α-hetero) is 1. The standard InChI is InChI=1S/C20H23NO4/c1-14-12-17(23)19(24)18(25-14)13-21-10-8-20(9-11-21,15(2)22)16-6-4-3-5-7-16/h3-7,12,24H,8-11,13H2,1-2H3. The smallest absolute Gasteiger partial charge is 0.227 e. The molecular formula is C20H23NO4. The average Bonchev–Trinajstić information content (AvgIpc) is 2.60. The number of rotatable bonds is 4. The van der Waals surface area contributed by atoms with Gasteiger partial charge in [0, 0.05) is 6.07 Å². The Morgan fingerprint density at radius 1 is 1.24 bits per heavy atom. The van der Waals surface area contributed by atoms with Gasteiger partial charge in [-0.3, -0.25) is 14.5 Å². The highest BCUT2D eigenvalue weighted by atomic mass is 16.4. The monoisotopic (exact) mass is 341 g/mol. The number of hydrogen-bond donors (Lipinski definition) is 1. The number of hydrogen-bond acceptors (Lipinski definition) is 5. The number of aromatic hydroxyl groups is 1. The van der Waals surface area contributed by atoms with Crippen LogP contribution in [0.2, 0.25) is 0 Å². The van der Waals surface area contributed by atoms with E-state index in [4.69, 9.17) is 4.42 Å². The third kappa shape index (κ3) is 3.37. The third-order valence-corrected chi connectivity index (χ3v) is 5.19. The van der Waals surface area contributed by atoms with E-state index in [1.807, 2.05) is 30.3 Å². The van der Waals surface area contributed by atoms with Gasteiger partial charge >= 0.3 is 0 Å². The van der Waals surface area contributed by atoms with Crippen LogP contribution in [0.5, 0.6) is 5.75 Å². The molecule has 1 aromatic carbocycles. The Hall–Kier alpha value is -2.40. The third-order valence-electron chi connectivity index (χ3n) is 5.19. The molecule has 132 valence electrons. The van der Waals surface area contributed by atoms with Gasteiger partial charge in [0.2, 0.25) is 11.2 Å². The molecule has 0 spiro atoms.